The molecule has 0 aromatic carbocycles. The Kier molecular flexibility index (Phi) is 4.30. The topological polar surface area (TPSA) is 57.0 Å². The summed E-state index contributed by atoms with van der Waals surface area (Å²) in [4.78, 5) is 17.3. The summed E-state index contributed by atoms with van der Waals surface area (Å²) in [5, 5.41) is 8.60. The molecule has 0 atom stereocenters. The number of hydrogen-bond acceptors (Lipinski definition) is 3. The van der Waals surface area contributed by atoms with Crippen molar-refractivity contribution in [3.8, 4) is 6.07 Å². The van der Waals surface area contributed by atoms with Gasteiger partial charge in [0, 0.05) is 24.5 Å². The number of hydrogen-bond donors (Lipinski definition) is 0. The number of carbonyl (C=O) groups excluding carboxylic acids is 1. The number of pyridine rings is 1. The van der Waals surface area contributed by atoms with Crippen molar-refractivity contribution in [1.82, 2.24) is 9.88 Å². The van der Waals surface area contributed by atoms with Crippen LogP contribution in [0.3, 0.4) is 0 Å². The molecule has 0 saturated heterocycles. The van der Waals surface area contributed by atoms with E-state index in [0.717, 1.165) is 6.42 Å². The van der Waals surface area contributed by atoms with Crippen LogP contribution in [0.2, 0.25) is 0 Å². The second-order valence-electron chi connectivity index (χ2n) is 3.12. The highest BCUT2D eigenvalue weighted by molar-refractivity contribution is 5.94. The van der Waals surface area contributed by atoms with Gasteiger partial charge < -0.3 is 4.90 Å². The number of rotatable bonds is 4. The Balaban J connectivity index is 2.77. The van der Waals surface area contributed by atoms with Crippen LogP contribution >= 0.6 is 0 Å². The van der Waals surface area contributed by atoms with Crippen LogP contribution < -0.4 is 0 Å². The van der Waals surface area contributed by atoms with Crippen LogP contribution in [-0.4, -0.2) is 28.9 Å². The van der Waals surface area contributed by atoms with E-state index in [4.69, 9.17) is 5.26 Å². The highest BCUT2D eigenvalue weighted by Crippen LogP contribution is 2.03. The summed E-state index contributed by atoms with van der Waals surface area (Å²) in [6.45, 7) is 2.72. The van der Waals surface area contributed by atoms with Crippen molar-refractivity contribution in [2.45, 2.75) is 13.3 Å². The first kappa shape index (κ1) is 11.2. The lowest BCUT2D eigenvalue weighted by Crippen LogP contribution is -2.32. The number of nitriles is 1. The van der Waals surface area contributed by atoms with Crippen molar-refractivity contribution in [1.29, 1.82) is 5.26 Å². The summed E-state index contributed by atoms with van der Waals surface area (Å²) in [7, 11) is 0. The number of carbonyl (C=O) groups is 1. The predicted octanol–water partition coefficient (Wildman–Crippen LogP) is 1.46. The van der Waals surface area contributed by atoms with Gasteiger partial charge in [0.1, 0.15) is 6.54 Å². The van der Waals surface area contributed by atoms with Gasteiger partial charge in [-0.25, -0.2) is 0 Å². The van der Waals surface area contributed by atoms with Gasteiger partial charge in [0.2, 0.25) is 0 Å². The molecule has 4 heteroatoms. The van der Waals surface area contributed by atoms with Gasteiger partial charge in [-0.1, -0.05) is 6.92 Å². The molecular formula is C11H13N3O. The average Bonchev–Trinajstić information content (AvgIpc) is 2.29. The molecule has 1 rings (SSSR count). The molecule has 0 saturated carbocycles. The van der Waals surface area contributed by atoms with Gasteiger partial charge >= 0.3 is 0 Å². The van der Waals surface area contributed by atoms with Crippen molar-refractivity contribution >= 4 is 5.91 Å². The molecule has 0 fully saturated rings. The molecule has 15 heavy (non-hydrogen) atoms. The second kappa shape index (κ2) is 5.76. The van der Waals surface area contributed by atoms with Gasteiger partial charge in [-0.2, -0.15) is 5.26 Å². The van der Waals surface area contributed by atoms with Gasteiger partial charge in [0.05, 0.1) is 6.07 Å². The molecule has 78 valence electrons. The average molecular weight is 203 g/mol. The maximum atomic E-state index is 11.9. The van der Waals surface area contributed by atoms with Crippen LogP contribution in [0, 0.1) is 11.3 Å². The number of amides is 1. The number of nitrogens with zero attached hydrogens (tertiary/aromatic N) is 3. The van der Waals surface area contributed by atoms with Crippen LogP contribution in [-0.2, 0) is 0 Å². The van der Waals surface area contributed by atoms with Crippen LogP contribution in [0.25, 0.3) is 0 Å². The molecule has 0 spiro atoms. The fourth-order valence-electron chi connectivity index (χ4n) is 1.28. The highest BCUT2D eigenvalue weighted by atomic mass is 16.2. The van der Waals surface area contributed by atoms with Crippen molar-refractivity contribution in [2.24, 2.45) is 0 Å². The Labute approximate surface area is 89.2 Å². The first-order chi connectivity index (χ1) is 7.29. The number of aromatic nitrogens is 1. The molecule has 0 bridgehead atoms. The summed E-state index contributed by atoms with van der Waals surface area (Å²) in [6.07, 6.45) is 3.99. The summed E-state index contributed by atoms with van der Waals surface area (Å²) in [6, 6.07) is 5.30. The Morgan fingerprint density at radius 1 is 1.53 bits per heavy atom. The maximum absolute atomic E-state index is 11.9. The van der Waals surface area contributed by atoms with E-state index >= 15 is 0 Å². The Hall–Kier alpha value is -1.89. The summed E-state index contributed by atoms with van der Waals surface area (Å²) < 4.78 is 0. The van der Waals surface area contributed by atoms with Crippen LogP contribution in [0.4, 0.5) is 0 Å². The first-order valence-corrected chi connectivity index (χ1v) is 4.85. The summed E-state index contributed by atoms with van der Waals surface area (Å²) in [5.41, 5.74) is 0.578. The Bertz CT molecular complexity index is 356. The van der Waals surface area contributed by atoms with Crippen molar-refractivity contribution in [3.63, 3.8) is 0 Å². The minimum Gasteiger partial charge on any atom is -0.325 e. The van der Waals surface area contributed by atoms with Gasteiger partial charge in [-0.3, -0.25) is 9.78 Å². The lowest BCUT2D eigenvalue weighted by atomic mass is 10.2. The molecule has 4 nitrogen and oxygen atoms in total. The zero-order valence-corrected chi connectivity index (χ0v) is 8.68. The molecule has 0 N–H and O–H groups in total. The van der Waals surface area contributed by atoms with Crippen molar-refractivity contribution < 1.29 is 4.79 Å². The fourth-order valence-corrected chi connectivity index (χ4v) is 1.28. The van der Waals surface area contributed by atoms with E-state index in [-0.39, 0.29) is 12.5 Å². The third-order valence-electron chi connectivity index (χ3n) is 1.97. The van der Waals surface area contributed by atoms with Gasteiger partial charge in [-0.05, 0) is 18.6 Å². The molecule has 1 aromatic rings. The first-order valence-electron chi connectivity index (χ1n) is 4.85. The lowest BCUT2D eigenvalue weighted by Gasteiger charge is -2.18. The van der Waals surface area contributed by atoms with E-state index < -0.39 is 0 Å². The molecule has 0 radical (unpaired) electrons. The second-order valence-corrected chi connectivity index (χ2v) is 3.12. The van der Waals surface area contributed by atoms with Gasteiger partial charge in [0.25, 0.3) is 5.91 Å². The zero-order valence-electron chi connectivity index (χ0n) is 8.68. The van der Waals surface area contributed by atoms with Crippen molar-refractivity contribution in [3.05, 3.63) is 30.1 Å². The molecule has 0 aliphatic heterocycles. The monoisotopic (exact) mass is 203 g/mol. The fraction of sp³-hybridized carbons (Fsp3) is 0.364. The molecule has 1 heterocycles. The van der Waals surface area contributed by atoms with E-state index in [2.05, 4.69) is 4.98 Å². The third-order valence-corrected chi connectivity index (χ3v) is 1.97. The van der Waals surface area contributed by atoms with Crippen molar-refractivity contribution in [2.75, 3.05) is 13.1 Å². The van der Waals surface area contributed by atoms with Crippen LogP contribution in [0.5, 0.6) is 0 Å². The molecule has 0 unspecified atom stereocenters. The predicted molar refractivity (Wildman–Crippen MR) is 56.0 cm³/mol. The minimum atomic E-state index is -0.110. The Morgan fingerprint density at radius 3 is 2.73 bits per heavy atom. The minimum absolute atomic E-state index is 0.110. The largest absolute Gasteiger partial charge is 0.325 e. The summed E-state index contributed by atoms with van der Waals surface area (Å²) >= 11 is 0. The van der Waals surface area contributed by atoms with Gasteiger partial charge in [-0.15, -0.1) is 0 Å². The molecule has 0 aliphatic rings. The molecule has 1 aromatic heterocycles. The quantitative estimate of drug-likeness (QED) is 0.696. The molecular weight excluding hydrogens is 190 g/mol. The zero-order chi connectivity index (χ0) is 11.1. The standard InChI is InChI=1S/C11H13N3O/c1-2-8-14(9-5-12)11(15)10-3-6-13-7-4-10/h3-4,6-7H,2,8-9H2,1H3. The van der Waals surface area contributed by atoms with E-state index in [1.807, 2.05) is 13.0 Å². The smallest absolute Gasteiger partial charge is 0.254 e. The molecule has 1 amide bonds. The Morgan fingerprint density at radius 2 is 2.20 bits per heavy atom. The maximum Gasteiger partial charge on any atom is 0.254 e. The third kappa shape index (κ3) is 3.06. The van der Waals surface area contributed by atoms with E-state index in [9.17, 15) is 4.79 Å². The highest BCUT2D eigenvalue weighted by Gasteiger charge is 2.13. The van der Waals surface area contributed by atoms with Crippen LogP contribution in [0.1, 0.15) is 23.7 Å². The van der Waals surface area contributed by atoms with E-state index in [0.29, 0.717) is 12.1 Å². The van der Waals surface area contributed by atoms with Gasteiger partial charge in [0.15, 0.2) is 0 Å². The SMILES string of the molecule is CCCN(CC#N)C(=O)c1ccncc1. The normalized spacial score (nSPS) is 9.33. The summed E-state index contributed by atoms with van der Waals surface area (Å²) in [5.74, 6) is -0.110. The lowest BCUT2D eigenvalue weighted by molar-refractivity contribution is 0.0776. The van der Waals surface area contributed by atoms with Crippen LogP contribution in [0.15, 0.2) is 24.5 Å². The molecule has 0 aliphatic carbocycles. The van der Waals surface area contributed by atoms with E-state index in [1.54, 1.807) is 24.5 Å². The van der Waals surface area contributed by atoms with E-state index in [1.165, 1.54) is 4.90 Å².